The summed E-state index contributed by atoms with van der Waals surface area (Å²) < 4.78 is 25.5. The SMILES string of the molecule is CC(=O)OC[C@H]1O[C@H](OC(C)=O)[C@@H](N)[C@@H](OC(C)=O)[C@@H]1OC(C)=O. The number of carbonyl (C=O) groups is 4. The third-order valence-electron chi connectivity index (χ3n) is 3.03. The minimum absolute atomic E-state index is 0.310. The summed E-state index contributed by atoms with van der Waals surface area (Å²) in [6.45, 7) is 4.32. The van der Waals surface area contributed by atoms with Crippen LogP contribution in [0.4, 0.5) is 0 Å². The Labute approximate surface area is 138 Å². The number of rotatable bonds is 5. The fourth-order valence-corrected chi connectivity index (χ4v) is 2.20. The zero-order chi connectivity index (χ0) is 18.4. The van der Waals surface area contributed by atoms with Crippen molar-refractivity contribution in [2.45, 2.75) is 58.3 Å². The second-order valence-electron chi connectivity index (χ2n) is 5.18. The first-order valence-corrected chi connectivity index (χ1v) is 7.18. The van der Waals surface area contributed by atoms with Crippen LogP contribution in [0.2, 0.25) is 0 Å². The van der Waals surface area contributed by atoms with Gasteiger partial charge in [0, 0.05) is 27.7 Å². The normalized spacial score (nSPS) is 29.3. The van der Waals surface area contributed by atoms with E-state index in [-0.39, 0.29) is 6.61 Å². The molecule has 1 heterocycles. The molecule has 1 rings (SSSR count). The van der Waals surface area contributed by atoms with Gasteiger partial charge in [-0.1, -0.05) is 0 Å². The molecular formula is C14H21NO9. The van der Waals surface area contributed by atoms with E-state index in [1.54, 1.807) is 0 Å². The zero-order valence-electron chi connectivity index (χ0n) is 13.8. The highest BCUT2D eigenvalue weighted by atomic mass is 16.7. The number of hydrogen-bond acceptors (Lipinski definition) is 10. The fourth-order valence-electron chi connectivity index (χ4n) is 2.20. The smallest absolute Gasteiger partial charge is 0.304 e. The van der Waals surface area contributed by atoms with Crippen LogP contribution in [0.1, 0.15) is 27.7 Å². The van der Waals surface area contributed by atoms with Crippen LogP contribution in [0.15, 0.2) is 0 Å². The summed E-state index contributed by atoms with van der Waals surface area (Å²) in [6, 6.07) is -1.10. The molecule has 0 bridgehead atoms. The van der Waals surface area contributed by atoms with Gasteiger partial charge in [-0.05, 0) is 0 Å². The lowest BCUT2D eigenvalue weighted by molar-refractivity contribution is -0.267. The summed E-state index contributed by atoms with van der Waals surface area (Å²) in [4.78, 5) is 44.9. The average Bonchev–Trinajstić information content (AvgIpc) is 2.42. The van der Waals surface area contributed by atoms with Gasteiger partial charge in [0.25, 0.3) is 0 Å². The first kappa shape index (κ1) is 19.8. The molecule has 10 heteroatoms. The van der Waals surface area contributed by atoms with Crippen molar-refractivity contribution in [3.63, 3.8) is 0 Å². The van der Waals surface area contributed by atoms with Crippen LogP contribution in [0.3, 0.4) is 0 Å². The third-order valence-corrected chi connectivity index (χ3v) is 3.03. The summed E-state index contributed by atoms with van der Waals surface area (Å²) in [6.07, 6.45) is -4.58. The number of ether oxygens (including phenoxy) is 5. The van der Waals surface area contributed by atoms with Crippen molar-refractivity contribution in [2.75, 3.05) is 6.61 Å². The highest BCUT2D eigenvalue weighted by molar-refractivity contribution is 5.68. The molecule has 1 aliphatic heterocycles. The third kappa shape index (κ3) is 5.78. The maximum Gasteiger partial charge on any atom is 0.304 e. The summed E-state index contributed by atoms with van der Waals surface area (Å²) in [5.74, 6) is -2.62. The first-order chi connectivity index (χ1) is 11.1. The van der Waals surface area contributed by atoms with Gasteiger partial charge in [0.1, 0.15) is 18.8 Å². The molecule has 0 amide bonds. The number of carbonyl (C=O) groups excluding carboxylic acids is 4. The topological polar surface area (TPSA) is 140 Å². The molecule has 136 valence electrons. The Balaban J connectivity index is 3.08. The Morgan fingerprint density at radius 2 is 1.33 bits per heavy atom. The van der Waals surface area contributed by atoms with Gasteiger partial charge in [-0.25, -0.2) is 0 Å². The second kappa shape index (κ2) is 8.60. The minimum atomic E-state index is -1.26. The maximum absolute atomic E-state index is 11.3. The van der Waals surface area contributed by atoms with Gasteiger partial charge in [0.2, 0.25) is 6.29 Å². The van der Waals surface area contributed by atoms with Crippen LogP contribution in [-0.2, 0) is 42.9 Å². The molecule has 0 aromatic carbocycles. The molecule has 1 fully saturated rings. The van der Waals surface area contributed by atoms with E-state index in [2.05, 4.69) is 0 Å². The van der Waals surface area contributed by atoms with Crippen LogP contribution >= 0.6 is 0 Å². The Morgan fingerprint density at radius 1 is 0.833 bits per heavy atom. The van der Waals surface area contributed by atoms with Crippen LogP contribution in [0.25, 0.3) is 0 Å². The largest absolute Gasteiger partial charge is 0.463 e. The Morgan fingerprint density at radius 3 is 1.79 bits per heavy atom. The quantitative estimate of drug-likeness (QED) is 0.487. The van der Waals surface area contributed by atoms with Crippen LogP contribution in [0.5, 0.6) is 0 Å². The van der Waals surface area contributed by atoms with Gasteiger partial charge in [-0.2, -0.15) is 0 Å². The monoisotopic (exact) mass is 347 g/mol. The fraction of sp³-hybridized carbons (Fsp3) is 0.714. The molecule has 0 aromatic heterocycles. The second-order valence-corrected chi connectivity index (χ2v) is 5.18. The maximum atomic E-state index is 11.3. The Hall–Kier alpha value is -2.20. The molecule has 0 unspecified atom stereocenters. The van der Waals surface area contributed by atoms with E-state index in [9.17, 15) is 19.2 Å². The van der Waals surface area contributed by atoms with Crippen molar-refractivity contribution in [3.8, 4) is 0 Å². The Kier molecular flexibility index (Phi) is 7.11. The molecule has 1 saturated heterocycles. The molecule has 1 aliphatic rings. The minimum Gasteiger partial charge on any atom is -0.463 e. The highest BCUT2D eigenvalue weighted by Crippen LogP contribution is 2.26. The zero-order valence-corrected chi connectivity index (χ0v) is 13.8. The first-order valence-electron chi connectivity index (χ1n) is 7.18. The van der Waals surface area contributed by atoms with Gasteiger partial charge >= 0.3 is 23.9 Å². The molecule has 0 aromatic rings. The van der Waals surface area contributed by atoms with Crippen molar-refractivity contribution in [1.82, 2.24) is 0 Å². The van der Waals surface area contributed by atoms with E-state index in [1.165, 1.54) is 6.92 Å². The molecule has 0 saturated carbocycles. The number of esters is 4. The van der Waals surface area contributed by atoms with E-state index in [4.69, 9.17) is 29.4 Å². The van der Waals surface area contributed by atoms with Crippen molar-refractivity contribution in [1.29, 1.82) is 0 Å². The van der Waals surface area contributed by atoms with Crippen LogP contribution in [-0.4, -0.2) is 61.1 Å². The lowest BCUT2D eigenvalue weighted by atomic mass is 9.97. The molecule has 5 atom stereocenters. The van der Waals surface area contributed by atoms with Crippen molar-refractivity contribution >= 4 is 23.9 Å². The van der Waals surface area contributed by atoms with Gasteiger partial charge in [-0.15, -0.1) is 0 Å². The molecular weight excluding hydrogens is 326 g/mol. The van der Waals surface area contributed by atoms with Gasteiger partial charge in [0.05, 0.1) is 0 Å². The predicted molar refractivity (Wildman–Crippen MR) is 76.1 cm³/mol. The molecule has 24 heavy (non-hydrogen) atoms. The van der Waals surface area contributed by atoms with E-state index in [0.29, 0.717) is 0 Å². The Bertz CT molecular complexity index is 490. The van der Waals surface area contributed by atoms with Crippen molar-refractivity contribution < 1.29 is 42.9 Å². The van der Waals surface area contributed by atoms with Gasteiger partial charge in [-0.3, -0.25) is 19.2 Å². The lowest BCUT2D eigenvalue weighted by Gasteiger charge is -2.42. The molecule has 0 aliphatic carbocycles. The van der Waals surface area contributed by atoms with Crippen LogP contribution in [0, 0.1) is 0 Å². The molecule has 0 radical (unpaired) electrons. The van der Waals surface area contributed by atoms with Crippen LogP contribution < -0.4 is 5.73 Å². The van der Waals surface area contributed by atoms with Gasteiger partial charge < -0.3 is 29.4 Å². The summed E-state index contributed by atoms with van der Waals surface area (Å²) in [7, 11) is 0. The van der Waals surface area contributed by atoms with Gasteiger partial charge in [0.15, 0.2) is 12.2 Å². The summed E-state index contributed by atoms with van der Waals surface area (Å²) >= 11 is 0. The molecule has 0 spiro atoms. The standard InChI is InChI=1S/C14H21NO9/c1-6(16)20-5-10-12(21-7(2)17)13(22-8(3)18)11(15)14(24-10)23-9(4)19/h10-14H,5,15H2,1-4H3/t10-,11+,12-,13-,14+/m1/s1. The van der Waals surface area contributed by atoms with Crippen molar-refractivity contribution in [2.24, 2.45) is 5.73 Å². The van der Waals surface area contributed by atoms with E-state index >= 15 is 0 Å². The summed E-state index contributed by atoms with van der Waals surface area (Å²) in [5, 5.41) is 0. The predicted octanol–water partition coefficient (Wildman–Crippen LogP) is -0.972. The van der Waals surface area contributed by atoms with E-state index < -0.39 is 54.5 Å². The summed E-state index contributed by atoms with van der Waals surface area (Å²) in [5.41, 5.74) is 5.93. The molecule has 10 nitrogen and oxygen atoms in total. The number of hydrogen-bond donors (Lipinski definition) is 1. The average molecular weight is 347 g/mol. The lowest BCUT2D eigenvalue weighted by Crippen LogP contribution is -2.65. The van der Waals surface area contributed by atoms with Crippen molar-refractivity contribution in [3.05, 3.63) is 0 Å². The highest BCUT2D eigenvalue weighted by Gasteiger charge is 2.50. The van der Waals surface area contributed by atoms with E-state index in [0.717, 1.165) is 20.8 Å². The van der Waals surface area contributed by atoms with E-state index in [1.807, 2.05) is 0 Å². The molecule has 2 N–H and O–H groups in total. The number of nitrogens with two attached hydrogens (primary N) is 1.